The van der Waals surface area contributed by atoms with Gasteiger partial charge in [0, 0.05) is 13.1 Å². The van der Waals surface area contributed by atoms with Crippen LogP contribution in [-0.4, -0.2) is 30.5 Å². The van der Waals surface area contributed by atoms with Crippen LogP contribution in [0.3, 0.4) is 0 Å². The Kier molecular flexibility index (Phi) is 6.07. The minimum absolute atomic E-state index is 0.0386. The first-order chi connectivity index (χ1) is 12.2. The third-order valence-corrected chi connectivity index (χ3v) is 4.45. The molecule has 1 heterocycles. The summed E-state index contributed by atoms with van der Waals surface area (Å²) in [5.41, 5.74) is 3.55. The molecule has 0 aliphatic carbocycles. The third-order valence-electron chi connectivity index (χ3n) is 4.45. The Balaban J connectivity index is 1.45. The number of ether oxygens (including phenoxy) is 1. The van der Waals surface area contributed by atoms with Crippen molar-refractivity contribution < 1.29 is 9.53 Å². The number of nitrogens with one attached hydrogen (secondary N) is 1. The average Bonchev–Trinajstić information content (AvgIpc) is 3.11. The average molecular weight is 338 g/mol. The Bertz CT molecular complexity index is 709. The fourth-order valence-electron chi connectivity index (χ4n) is 3.14. The molecule has 1 amide bonds. The molecule has 0 saturated carbocycles. The highest BCUT2D eigenvalue weighted by Crippen LogP contribution is 2.14. The number of rotatable bonds is 7. The van der Waals surface area contributed by atoms with Crippen molar-refractivity contribution in [2.75, 3.05) is 19.7 Å². The quantitative estimate of drug-likeness (QED) is 0.842. The van der Waals surface area contributed by atoms with E-state index < -0.39 is 0 Å². The van der Waals surface area contributed by atoms with E-state index in [1.165, 1.54) is 31.5 Å². The smallest absolute Gasteiger partial charge is 0.258 e. The van der Waals surface area contributed by atoms with E-state index in [0.29, 0.717) is 6.54 Å². The zero-order valence-corrected chi connectivity index (χ0v) is 14.8. The van der Waals surface area contributed by atoms with Gasteiger partial charge >= 0.3 is 0 Å². The second kappa shape index (κ2) is 8.67. The van der Waals surface area contributed by atoms with Gasteiger partial charge in [0.05, 0.1) is 0 Å². The molecule has 132 valence electrons. The first-order valence-corrected chi connectivity index (χ1v) is 8.95. The van der Waals surface area contributed by atoms with Crippen LogP contribution in [0.4, 0.5) is 0 Å². The molecule has 0 bridgehead atoms. The summed E-state index contributed by atoms with van der Waals surface area (Å²) < 4.78 is 5.53. The number of likely N-dealkylation sites (tertiary alicyclic amines) is 1. The maximum Gasteiger partial charge on any atom is 0.258 e. The van der Waals surface area contributed by atoms with E-state index in [9.17, 15) is 4.79 Å². The molecule has 25 heavy (non-hydrogen) atoms. The highest BCUT2D eigenvalue weighted by Gasteiger charge is 2.11. The molecular weight excluding hydrogens is 312 g/mol. The van der Waals surface area contributed by atoms with Gasteiger partial charge in [0.25, 0.3) is 5.91 Å². The van der Waals surface area contributed by atoms with Crippen LogP contribution in [0.5, 0.6) is 5.75 Å². The van der Waals surface area contributed by atoms with Gasteiger partial charge in [0.15, 0.2) is 6.61 Å². The van der Waals surface area contributed by atoms with Crippen LogP contribution < -0.4 is 10.1 Å². The summed E-state index contributed by atoms with van der Waals surface area (Å²) in [7, 11) is 0. The molecule has 1 fully saturated rings. The highest BCUT2D eigenvalue weighted by molar-refractivity contribution is 5.77. The summed E-state index contributed by atoms with van der Waals surface area (Å²) in [6, 6.07) is 16.2. The maximum absolute atomic E-state index is 12.0. The number of amides is 1. The van der Waals surface area contributed by atoms with E-state index >= 15 is 0 Å². The molecule has 1 aliphatic rings. The molecule has 0 unspecified atom stereocenters. The Labute approximate surface area is 149 Å². The number of benzene rings is 2. The fraction of sp³-hybridized carbons (Fsp3) is 0.381. The van der Waals surface area contributed by atoms with Gasteiger partial charge in [-0.05, 0) is 61.7 Å². The van der Waals surface area contributed by atoms with Gasteiger partial charge in [-0.1, -0.05) is 36.4 Å². The number of aryl methyl sites for hydroxylation is 1. The van der Waals surface area contributed by atoms with Crippen molar-refractivity contribution in [1.29, 1.82) is 0 Å². The van der Waals surface area contributed by atoms with Crippen molar-refractivity contribution in [3.05, 3.63) is 65.2 Å². The minimum Gasteiger partial charge on any atom is -0.484 e. The standard InChI is InChI=1S/C21H26N2O2/c1-17-6-4-9-20(12-17)25-16-21(24)22-14-18-7-5-8-19(13-18)15-23-10-2-3-11-23/h4-9,12-13H,2-3,10-11,14-16H2,1H3,(H,22,24). The van der Waals surface area contributed by atoms with E-state index in [0.717, 1.165) is 23.4 Å². The topological polar surface area (TPSA) is 41.6 Å². The first-order valence-electron chi connectivity index (χ1n) is 8.95. The number of hydrogen-bond donors (Lipinski definition) is 1. The lowest BCUT2D eigenvalue weighted by atomic mass is 10.1. The van der Waals surface area contributed by atoms with Crippen LogP contribution >= 0.6 is 0 Å². The molecule has 1 saturated heterocycles. The van der Waals surface area contributed by atoms with E-state index in [4.69, 9.17) is 4.74 Å². The Morgan fingerprint density at radius 2 is 1.84 bits per heavy atom. The zero-order valence-electron chi connectivity index (χ0n) is 14.8. The molecular formula is C21H26N2O2. The van der Waals surface area contributed by atoms with Gasteiger partial charge in [-0.2, -0.15) is 0 Å². The van der Waals surface area contributed by atoms with E-state index in [2.05, 4.69) is 34.5 Å². The van der Waals surface area contributed by atoms with Crippen LogP contribution in [0.2, 0.25) is 0 Å². The SMILES string of the molecule is Cc1cccc(OCC(=O)NCc2cccc(CN3CCCC3)c2)c1. The minimum atomic E-state index is -0.105. The summed E-state index contributed by atoms with van der Waals surface area (Å²) in [6.07, 6.45) is 2.60. The molecule has 2 aromatic carbocycles. The Morgan fingerprint density at radius 1 is 1.08 bits per heavy atom. The van der Waals surface area contributed by atoms with Crippen molar-refractivity contribution in [2.24, 2.45) is 0 Å². The van der Waals surface area contributed by atoms with Gasteiger partial charge < -0.3 is 10.1 Å². The molecule has 4 nitrogen and oxygen atoms in total. The van der Waals surface area contributed by atoms with Crippen molar-refractivity contribution in [3.63, 3.8) is 0 Å². The van der Waals surface area contributed by atoms with Crippen molar-refractivity contribution in [1.82, 2.24) is 10.2 Å². The lowest BCUT2D eigenvalue weighted by Gasteiger charge is -2.15. The largest absolute Gasteiger partial charge is 0.484 e. The van der Waals surface area contributed by atoms with Crippen LogP contribution in [0, 0.1) is 6.92 Å². The predicted molar refractivity (Wildman–Crippen MR) is 99.5 cm³/mol. The molecule has 1 aliphatic heterocycles. The normalized spacial score (nSPS) is 14.4. The molecule has 0 radical (unpaired) electrons. The zero-order chi connectivity index (χ0) is 17.5. The molecule has 2 aromatic rings. The molecule has 3 rings (SSSR count). The number of carbonyl (C=O) groups is 1. The Morgan fingerprint density at radius 3 is 2.64 bits per heavy atom. The fourth-order valence-corrected chi connectivity index (χ4v) is 3.14. The van der Waals surface area contributed by atoms with Gasteiger partial charge in [-0.15, -0.1) is 0 Å². The highest BCUT2D eigenvalue weighted by atomic mass is 16.5. The maximum atomic E-state index is 12.0. The first kappa shape index (κ1) is 17.5. The molecule has 4 heteroatoms. The van der Waals surface area contributed by atoms with Gasteiger partial charge in [-0.25, -0.2) is 0 Å². The molecule has 1 N–H and O–H groups in total. The summed E-state index contributed by atoms with van der Waals surface area (Å²) >= 11 is 0. The van der Waals surface area contributed by atoms with Gasteiger partial charge in [0.2, 0.25) is 0 Å². The lowest BCUT2D eigenvalue weighted by molar-refractivity contribution is -0.123. The van der Waals surface area contributed by atoms with E-state index in [1.807, 2.05) is 31.2 Å². The van der Waals surface area contributed by atoms with Crippen molar-refractivity contribution >= 4 is 5.91 Å². The monoisotopic (exact) mass is 338 g/mol. The van der Waals surface area contributed by atoms with Crippen LogP contribution in [0.1, 0.15) is 29.5 Å². The predicted octanol–water partition coefficient (Wildman–Crippen LogP) is 3.29. The molecule has 0 atom stereocenters. The second-order valence-electron chi connectivity index (χ2n) is 6.69. The molecule has 0 spiro atoms. The van der Waals surface area contributed by atoms with Crippen LogP contribution in [0.15, 0.2) is 48.5 Å². The lowest BCUT2D eigenvalue weighted by Crippen LogP contribution is -2.28. The molecule has 0 aromatic heterocycles. The van der Waals surface area contributed by atoms with Crippen molar-refractivity contribution in [3.8, 4) is 5.75 Å². The van der Waals surface area contributed by atoms with E-state index in [1.54, 1.807) is 0 Å². The van der Waals surface area contributed by atoms with Gasteiger partial charge in [0.1, 0.15) is 5.75 Å². The third kappa shape index (κ3) is 5.61. The number of hydrogen-bond acceptors (Lipinski definition) is 3. The van der Waals surface area contributed by atoms with Crippen molar-refractivity contribution in [2.45, 2.75) is 32.9 Å². The van der Waals surface area contributed by atoms with Crippen LogP contribution in [0.25, 0.3) is 0 Å². The summed E-state index contributed by atoms with van der Waals surface area (Å²) in [6.45, 7) is 5.95. The van der Waals surface area contributed by atoms with E-state index in [-0.39, 0.29) is 12.5 Å². The summed E-state index contributed by atoms with van der Waals surface area (Å²) in [5.74, 6) is 0.620. The Hall–Kier alpha value is -2.33. The summed E-state index contributed by atoms with van der Waals surface area (Å²) in [4.78, 5) is 14.5. The number of carbonyl (C=O) groups excluding carboxylic acids is 1. The number of nitrogens with zero attached hydrogens (tertiary/aromatic N) is 1. The summed E-state index contributed by atoms with van der Waals surface area (Å²) in [5, 5.41) is 2.93. The van der Waals surface area contributed by atoms with Gasteiger partial charge in [-0.3, -0.25) is 9.69 Å². The van der Waals surface area contributed by atoms with Crippen LogP contribution in [-0.2, 0) is 17.9 Å². The second-order valence-corrected chi connectivity index (χ2v) is 6.69.